The molecule has 7 heteroatoms. The highest BCUT2D eigenvalue weighted by molar-refractivity contribution is 9.10. The van der Waals surface area contributed by atoms with Gasteiger partial charge in [-0.05, 0) is 98.7 Å². The summed E-state index contributed by atoms with van der Waals surface area (Å²) in [6.07, 6.45) is 1.84. The first-order valence-corrected chi connectivity index (χ1v) is 13.1. The number of anilines is 1. The summed E-state index contributed by atoms with van der Waals surface area (Å²) >= 11 is 13.2. The highest BCUT2D eigenvalue weighted by Crippen LogP contribution is 2.44. The van der Waals surface area contributed by atoms with E-state index in [9.17, 15) is 0 Å². The molecule has 1 fully saturated rings. The van der Waals surface area contributed by atoms with Crippen LogP contribution in [0.25, 0.3) is 5.69 Å². The minimum absolute atomic E-state index is 0.0462. The number of nitrogens with one attached hydrogen (secondary N) is 1. The van der Waals surface area contributed by atoms with Crippen molar-refractivity contribution in [1.29, 1.82) is 0 Å². The van der Waals surface area contributed by atoms with Gasteiger partial charge in [-0.25, -0.2) is 0 Å². The molecular weight excluding hydrogens is 572 g/mol. The molecule has 2 atom stereocenters. The molecule has 0 saturated carbocycles. The average Bonchev–Trinajstić information content (AvgIpc) is 3.31. The third-order valence-corrected chi connectivity index (χ3v) is 8.07. The number of rotatable bonds is 4. The fraction of sp³-hybridized carbons (Fsp3) is 0.185. The van der Waals surface area contributed by atoms with Gasteiger partial charge in [-0.2, -0.15) is 0 Å². The summed E-state index contributed by atoms with van der Waals surface area (Å²) in [7, 11) is 0. The Morgan fingerprint density at radius 1 is 0.912 bits per heavy atom. The van der Waals surface area contributed by atoms with E-state index in [1.54, 1.807) is 0 Å². The van der Waals surface area contributed by atoms with Crippen molar-refractivity contribution in [3.63, 3.8) is 0 Å². The van der Waals surface area contributed by atoms with Crippen LogP contribution >= 0.6 is 44.1 Å². The summed E-state index contributed by atoms with van der Waals surface area (Å²) in [5.41, 5.74) is 7.92. The molecule has 0 amide bonds. The summed E-state index contributed by atoms with van der Waals surface area (Å²) in [5.74, 6) is 0. The van der Waals surface area contributed by atoms with Crippen molar-refractivity contribution in [3.8, 4) is 5.69 Å². The molecule has 1 saturated heterocycles. The molecular formula is C27H24Br2N4S. The Hall–Kier alpha value is -2.48. The molecule has 2 aromatic heterocycles. The molecule has 1 N–H and O–H groups in total. The van der Waals surface area contributed by atoms with Gasteiger partial charge in [0.25, 0.3) is 0 Å². The second kappa shape index (κ2) is 9.29. The van der Waals surface area contributed by atoms with Crippen LogP contribution in [0, 0.1) is 20.8 Å². The summed E-state index contributed by atoms with van der Waals surface area (Å²) in [4.78, 5) is 6.93. The lowest BCUT2D eigenvalue weighted by Crippen LogP contribution is -2.29. The van der Waals surface area contributed by atoms with E-state index in [1.165, 1.54) is 22.5 Å². The molecule has 4 aromatic rings. The standard InChI is InChI=1S/C27H24Br2N4S/c1-16-13-21(10-11-23(16)29)33-26(25(31-27(33)34)24-9-4-5-12-30-24)22-14-17(2)32(18(22)3)20-8-6-7-19(28)15-20/h4-15,25-26H,1-3H3,(H,31,34). The number of thiocarbonyl (C=S) groups is 1. The van der Waals surface area contributed by atoms with Crippen molar-refractivity contribution in [1.82, 2.24) is 14.9 Å². The Kier molecular flexibility index (Phi) is 6.35. The highest BCUT2D eigenvalue weighted by atomic mass is 79.9. The van der Waals surface area contributed by atoms with Gasteiger partial charge in [-0.15, -0.1) is 0 Å². The zero-order valence-corrected chi connectivity index (χ0v) is 23.1. The number of aromatic nitrogens is 2. The summed E-state index contributed by atoms with van der Waals surface area (Å²) in [5, 5.41) is 4.28. The maximum atomic E-state index is 5.91. The minimum atomic E-state index is -0.0749. The van der Waals surface area contributed by atoms with Gasteiger partial charge < -0.3 is 14.8 Å². The Labute approximate surface area is 222 Å². The van der Waals surface area contributed by atoms with Crippen LogP contribution in [0.5, 0.6) is 0 Å². The van der Waals surface area contributed by atoms with Crippen molar-refractivity contribution >= 4 is 54.9 Å². The molecule has 34 heavy (non-hydrogen) atoms. The minimum Gasteiger partial charge on any atom is -0.351 e. The fourth-order valence-electron chi connectivity index (χ4n) is 4.83. The van der Waals surface area contributed by atoms with E-state index in [0.717, 1.165) is 26.0 Å². The van der Waals surface area contributed by atoms with E-state index in [2.05, 4.69) is 116 Å². The molecule has 3 heterocycles. The molecule has 172 valence electrons. The lowest BCUT2D eigenvalue weighted by Gasteiger charge is -2.28. The molecule has 1 aliphatic heterocycles. The molecule has 0 aliphatic carbocycles. The molecule has 0 radical (unpaired) electrons. The van der Waals surface area contributed by atoms with Gasteiger partial charge in [-0.1, -0.05) is 44.0 Å². The van der Waals surface area contributed by atoms with Gasteiger partial charge in [0.2, 0.25) is 0 Å². The van der Waals surface area contributed by atoms with Crippen molar-refractivity contribution in [2.24, 2.45) is 0 Å². The van der Waals surface area contributed by atoms with Gasteiger partial charge >= 0.3 is 0 Å². The van der Waals surface area contributed by atoms with Crippen LogP contribution in [-0.2, 0) is 0 Å². The first kappa shape index (κ1) is 23.3. The first-order valence-electron chi connectivity index (χ1n) is 11.1. The summed E-state index contributed by atoms with van der Waals surface area (Å²) in [6, 6.07) is 23.0. The molecule has 5 rings (SSSR count). The number of hydrogen-bond donors (Lipinski definition) is 1. The van der Waals surface area contributed by atoms with E-state index < -0.39 is 0 Å². The van der Waals surface area contributed by atoms with Crippen LogP contribution in [0.4, 0.5) is 5.69 Å². The maximum absolute atomic E-state index is 5.91. The van der Waals surface area contributed by atoms with E-state index in [0.29, 0.717) is 5.11 Å². The predicted molar refractivity (Wildman–Crippen MR) is 150 cm³/mol. The number of halogens is 2. The van der Waals surface area contributed by atoms with Crippen molar-refractivity contribution in [2.45, 2.75) is 32.9 Å². The lowest BCUT2D eigenvalue weighted by molar-refractivity contribution is 0.565. The second-order valence-electron chi connectivity index (χ2n) is 8.57. The smallest absolute Gasteiger partial charge is 0.174 e. The lowest BCUT2D eigenvalue weighted by atomic mass is 9.96. The molecule has 1 aliphatic rings. The van der Waals surface area contributed by atoms with Crippen molar-refractivity contribution < 1.29 is 0 Å². The van der Waals surface area contributed by atoms with Crippen molar-refractivity contribution in [3.05, 3.63) is 110 Å². The van der Waals surface area contributed by atoms with Crippen LogP contribution in [0.3, 0.4) is 0 Å². The first-order chi connectivity index (χ1) is 16.3. The quantitative estimate of drug-likeness (QED) is 0.248. The van der Waals surface area contributed by atoms with Crippen LogP contribution in [0.2, 0.25) is 0 Å². The maximum Gasteiger partial charge on any atom is 0.174 e. The van der Waals surface area contributed by atoms with Crippen LogP contribution in [0.15, 0.2) is 81.9 Å². The topological polar surface area (TPSA) is 33.1 Å². The van der Waals surface area contributed by atoms with Crippen LogP contribution < -0.4 is 10.2 Å². The zero-order valence-electron chi connectivity index (χ0n) is 19.1. The number of hydrogen-bond acceptors (Lipinski definition) is 2. The summed E-state index contributed by atoms with van der Waals surface area (Å²) in [6.45, 7) is 6.44. The molecule has 2 unspecified atom stereocenters. The predicted octanol–water partition coefficient (Wildman–Crippen LogP) is 7.50. The normalized spacial score (nSPS) is 17.8. The number of benzene rings is 2. The Bertz CT molecular complexity index is 1380. The second-order valence-corrected chi connectivity index (χ2v) is 10.7. The van der Waals surface area contributed by atoms with Gasteiger partial charge in [-0.3, -0.25) is 4.98 Å². The van der Waals surface area contributed by atoms with E-state index >= 15 is 0 Å². The Balaban J connectivity index is 1.69. The summed E-state index contributed by atoms with van der Waals surface area (Å²) < 4.78 is 4.45. The van der Waals surface area contributed by atoms with E-state index in [-0.39, 0.29) is 12.1 Å². The van der Waals surface area contributed by atoms with E-state index in [1.807, 2.05) is 24.4 Å². The molecule has 4 nitrogen and oxygen atoms in total. The largest absolute Gasteiger partial charge is 0.351 e. The number of aryl methyl sites for hydroxylation is 2. The fourth-order valence-corrected chi connectivity index (χ4v) is 5.81. The number of pyridine rings is 1. The van der Waals surface area contributed by atoms with Gasteiger partial charge in [0.05, 0.1) is 17.8 Å². The van der Waals surface area contributed by atoms with Crippen molar-refractivity contribution in [2.75, 3.05) is 4.90 Å². The van der Waals surface area contributed by atoms with E-state index in [4.69, 9.17) is 17.2 Å². The SMILES string of the molecule is Cc1cc(N2C(=S)NC(c3ccccn3)C2c2cc(C)n(-c3cccc(Br)c3)c2C)ccc1Br. The third kappa shape index (κ3) is 4.10. The molecule has 0 bridgehead atoms. The monoisotopic (exact) mass is 594 g/mol. The van der Waals surface area contributed by atoms with Crippen LogP contribution in [0.1, 0.15) is 40.3 Å². The average molecular weight is 596 g/mol. The number of nitrogens with zero attached hydrogens (tertiary/aromatic N) is 3. The Morgan fingerprint density at radius 2 is 1.74 bits per heavy atom. The highest BCUT2D eigenvalue weighted by Gasteiger charge is 2.42. The Morgan fingerprint density at radius 3 is 2.44 bits per heavy atom. The van der Waals surface area contributed by atoms with Gasteiger partial charge in [0, 0.05) is 37.9 Å². The zero-order chi connectivity index (χ0) is 24.0. The van der Waals surface area contributed by atoms with Gasteiger partial charge in [0.1, 0.15) is 0 Å². The van der Waals surface area contributed by atoms with Crippen LogP contribution in [-0.4, -0.2) is 14.7 Å². The molecule has 0 spiro atoms. The van der Waals surface area contributed by atoms with Gasteiger partial charge in [0.15, 0.2) is 5.11 Å². The molecule has 2 aromatic carbocycles. The third-order valence-electron chi connectivity index (χ3n) is 6.37.